The summed E-state index contributed by atoms with van der Waals surface area (Å²) in [6, 6.07) is 0. The van der Waals surface area contributed by atoms with E-state index in [1.54, 1.807) is 0 Å². The quantitative estimate of drug-likeness (QED) is 0.658. The zero-order valence-corrected chi connectivity index (χ0v) is 9.20. The number of methoxy groups -OCH3 is 1. The van der Waals surface area contributed by atoms with Crippen molar-refractivity contribution >= 4 is 5.91 Å². The van der Waals surface area contributed by atoms with Crippen LogP contribution in [0.25, 0.3) is 0 Å². The van der Waals surface area contributed by atoms with Crippen LogP contribution in [0.15, 0.2) is 0 Å². The van der Waals surface area contributed by atoms with Crippen molar-refractivity contribution in [2.45, 2.75) is 31.5 Å². The van der Waals surface area contributed by atoms with Crippen LogP contribution in [-0.4, -0.2) is 44.9 Å². The van der Waals surface area contributed by atoms with Gasteiger partial charge in [-0.1, -0.05) is 0 Å². The van der Waals surface area contributed by atoms with Gasteiger partial charge in [-0.15, -0.1) is 0 Å². The first kappa shape index (κ1) is 12.4. The molecule has 0 aromatic carbocycles. The summed E-state index contributed by atoms with van der Waals surface area (Å²) in [4.78, 5) is 11.5. The first-order valence-corrected chi connectivity index (χ1v) is 5.40. The number of rotatable bonds is 5. The molecule has 0 aromatic rings. The Kier molecular flexibility index (Phi) is 5.60. The summed E-state index contributed by atoms with van der Waals surface area (Å²) >= 11 is 0. The van der Waals surface area contributed by atoms with Gasteiger partial charge in [-0.2, -0.15) is 0 Å². The predicted molar refractivity (Wildman–Crippen MR) is 56.5 cm³/mol. The molecule has 2 atom stereocenters. The minimum absolute atomic E-state index is 0.151. The van der Waals surface area contributed by atoms with Crippen molar-refractivity contribution < 1.29 is 14.3 Å². The van der Waals surface area contributed by atoms with Gasteiger partial charge < -0.3 is 20.5 Å². The molecule has 0 aliphatic carbocycles. The molecule has 88 valence electrons. The largest absolute Gasteiger partial charge is 0.376 e. The molecule has 15 heavy (non-hydrogen) atoms. The Morgan fingerprint density at radius 1 is 1.67 bits per heavy atom. The third-order valence-corrected chi connectivity index (χ3v) is 2.57. The lowest BCUT2D eigenvalue weighted by atomic mass is 10.1. The Balaban J connectivity index is 2.20. The molecule has 1 saturated heterocycles. The van der Waals surface area contributed by atoms with E-state index in [4.69, 9.17) is 15.2 Å². The van der Waals surface area contributed by atoms with Gasteiger partial charge in [0, 0.05) is 26.8 Å². The molecule has 3 N–H and O–H groups in total. The van der Waals surface area contributed by atoms with Gasteiger partial charge in [-0.25, -0.2) is 0 Å². The first-order valence-electron chi connectivity index (χ1n) is 5.40. The molecule has 5 heteroatoms. The number of carbonyl (C=O) groups excluding carboxylic acids is 1. The number of hydrogen-bond donors (Lipinski definition) is 2. The van der Waals surface area contributed by atoms with Crippen LogP contribution in [-0.2, 0) is 14.3 Å². The fourth-order valence-electron chi connectivity index (χ4n) is 1.61. The van der Waals surface area contributed by atoms with Gasteiger partial charge >= 0.3 is 0 Å². The lowest BCUT2D eigenvalue weighted by molar-refractivity contribution is -0.131. The highest BCUT2D eigenvalue weighted by atomic mass is 16.5. The minimum Gasteiger partial charge on any atom is -0.376 e. The first-order chi connectivity index (χ1) is 7.27. The SMILES string of the molecule is COC(CN)C(=O)NCC1CCCCO1. The summed E-state index contributed by atoms with van der Waals surface area (Å²) in [7, 11) is 1.48. The summed E-state index contributed by atoms with van der Waals surface area (Å²) in [6.07, 6.45) is 2.91. The number of nitrogens with one attached hydrogen (secondary N) is 1. The van der Waals surface area contributed by atoms with Crippen molar-refractivity contribution in [1.29, 1.82) is 0 Å². The summed E-state index contributed by atoms with van der Waals surface area (Å²) < 4.78 is 10.4. The topological polar surface area (TPSA) is 73.6 Å². The van der Waals surface area contributed by atoms with Crippen molar-refractivity contribution in [2.24, 2.45) is 5.73 Å². The number of ether oxygens (including phenoxy) is 2. The molecule has 5 nitrogen and oxygen atoms in total. The molecule has 1 rings (SSSR count). The summed E-state index contributed by atoms with van der Waals surface area (Å²) in [6.45, 7) is 1.55. The predicted octanol–water partition coefficient (Wildman–Crippen LogP) is -0.355. The van der Waals surface area contributed by atoms with E-state index in [-0.39, 0.29) is 18.6 Å². The lowest BCUT2D eigenvalue weighted by Crippen LogP contribution is -2.44. The van der Waals surface area contributed by atoms with E-state index in [2.05, 4.69) is 5.32 Å². The van der Waals surface area contributed by atoms with Crippen LogP contribution >= 0.6 is 0 Å². The molecule has 0 radical (unpaired) electrons. The zero-order chi connectivity index (χ0) is 11.1. The Bertz CT molecular complexity index is 189. The third-order valence-electron chi connectivity index (χ3n) is 2.57. The van der Waals surface area contributed by atoms with Crippen LogP contribution in [0, 0.1) is 0 Å². The van der Waals surface area contributed by atoms with E-state index in [9.17, 15) is 4.79 Å². The van der Waals surface area contributed by atoms with Crippen LogP contribution in [0.1, 0.15) is 19.3 Å². The molecule has 1 aliphatic rings. The second kappa shape index (κ2) is 6.76. The molecule has 1 amide bonds. The third kappa shape index (κ3) is 4.15. The van der Waals surface area contributed by atoms with Crippen LogP contribution < -0.4 is 11.1 Å². The van der Waals surface area contributed by atoms with E-state index >= 15 is 0 Å². The van der Waals surface area contributed by atoms with Gasteiger partial charge in [0.2, 0.25) is 0 Å². The Hall–Kier alpha value is -0.650. The van der Waals surface area contributed by atoms with Crippen LogP contribution in [0.3, 0.4) is 0 Å². The summed E-state index contributed by atoms with van der Waals surface area (Å²) in [5.41, 5.74) is 5.38. The van der Waals surface area contributed by atoms with Crippen LogP contribution in [0.5, 0.6) is 0 Å². The zero-order valence-electron chi connectivity index (χ0n) is 9.20. The van der Waals surface area contributed by atoms with Crippen molar-refractivity contribution in [2.75, 3.05) is 26.8 Å². The molecule has 0 aromatic heterocycles. The highest BCUT2D eigenvalue weighted by Crippen LogP contribution is 2.11. The van der Waals surface area contributed by atoms with Crippen molar-refractivity contribution in [3.05, 3.63) is 0 Å². The van der Waals surface area contributed by atoms with Crippen molar-refractivity contribution in [3.8, 4) is 0 Å². The molecule has 0 saturated carbocycles. The summed E-state index contributed by atoms with van der Waals surface area (Å²) in [5, 5.41) is 2.79. The smallest absolute Gasteiger partial charge is 0.250 e. The molecular weight excluding hydrogens is 196 g/mol. The Morgan fingerprint density at radius 3 is 3.00 bits per heavy atom. The normalized spacial score (nSPS) is 23.5. The molecular formula is C10H20N2O3. The maximum atomic E-state index is 11.5. The molecule has 2 unspecified atom stereocenters. The highest BCUT2D eigenvalue weighted by molar-refractivity contribution is 5.80. The van der Waals surface area contributed by atoms with Gasteiger partial charge in [0.1, 0.15) is 6.10 Å². The van der Waals surface area contributed by atoms with Crippen molar-refractivity contribution in [3.63, 3.8) is 0 Å². The maximum Gasteiger partial charge on any atom is 0.250 e. The standard InChI is InChI=1S/C10H20N2O3/c1-14-9(6-11)10(13)12-7-8-4-2-3-5-15-8/h8-9H,2-7,11H2,1H3,(H,12,13). The van der Waals surface area contributed by atoms with Gasteiger partial charge in [0.05, 0.1) is 6.10 Å². The lowest BCUT2D eigenvalue weighted by Gasteiger charge is -2.23. The average molecular weight is 216 g/mol. The average Bonchev–Trinajstić information content (AvgIpc) is 2.29. The fraction of sp³-hybridized carbons (Fsp3) is 0.900. The second-order valence-electron chi connectivity index (χ2n) is 3.69. The highest BCUT2D eigenvalue weighted by Gasteiger charge is 2.18. The van der Waals surface area contributed by atoms with Gasteiger partial charge in [-0.05, 0) is 19.3 Å². The number of carbonyl (C=O) groups is 1. The minimum atomic E-state index is -0.548. The Morgan fingerprint density at radius 2 is 2.47 bits per heavy atom. The second-order valence-corrected chi connectivity index (χ2v) is 3.69. The van der Waals surface area contributed by atoms with Gasteiger partial charge in [-0.3, -0.25) is 4.79 Å². The van der Waals surface area contributed by atoms with Crippen molar-refractivity contribution in [1.82, 2.24) is 5.32 Å². The van der Waals surface area contributed by atoms with E-state index in [1.807, 2.05) is 0 Å². The molecule has 1 aliphatic heterocycles. The monoisotopic (exact) mass is 216 g/mol. The molecule has 1 fully saturated rings. The van der Waals surface area contributed by atoms with Gasteiger partial charge in [0.15, 0.2) is 0 Å². The van der Waals surface area contributed by atoms with Crippen LogP contribution in [0.4, 0.5) is 0 Å². The van der Waals surface area contributed by atoms with E-state index in [1.165, 1.54) is 13.5 Å². The maximum absolute atomic E-state index is 11.5. The van der Waals surface area contributed by atoms with E-state index < -0.39 is 6.10 Å². The van der Waals surface area contributed by atoms with E-state index in [0.29, 0.717) is 6.54 Å². The summed E-state index contributed by atoms with van der Waals surface area (Å²) in [5.74, 6) is -0.158. The Labute approximate surface area is 90.3 Å². The number of hydrogen-bond acceptors (Lipinski definition) is 4. The number of amides is 1. The molecule has 0 spiro atoms. The molecule has 1 heterocycles. The van der Waals surface area contributed by atoms with E-state index in [0.717, 1.165) is 19.4 Å². The fourth-order valence-corrected chi connectivity index (χ4v) is 1.61. The number of nitrogens with two attached hydrogens (primary N) is 1. The van der Waals surface area contributed by atoms with Gasteiger partial charge in [0.25, 0.3) is 5.91 Å². The molecule has 0 bridgehead atoms. The van der Waals surface area contributed by atoms with Crippen LogP contribution in [0.2, 0.25) is 0 Å².